The molecular formula is C19H21ClN2O3. The fraction of sp³-hybridized carbons (Fsp3) is 0.263. The fourth-order valence-electron chi connectivity index (χ4n) is 2.31. The second-order valence-corrected chi connectivity index (χ2v) is 5.86. The van der Waals surface area contributed by atoms with Crippen molar-refractivity contribution in [3.05, 3.63) is 70.7 Å². The van der Waals surface area contributed by atoms with E-state index in [4.69, 9.17) is 16.3 Å². The van der Waals surface area contributed by atoms with Crippen molar-refractivity contribution in [1.29, 1.82) is 0 Å². The molecule has 2 amide bonds. The minimum absolute atomic E-state index is 0.0966. The average Bonchev–Trinajstić information content (AvgIpc) is 2.64. The lowest BCUT2D eigenvalue weighted by molar-refractivity contribution is -0.131. The first-order chi connectivity index (χ1) is 12.1. The van der Waals surface area contributed by atoms with Crippen LogP contribution < -0.4 is 5.32 Å². The van der Waals surface area contributed by atoms with Gasteiger partial charge in [0, 0.05) is 20.2 Å². The molecule has 25 heavy (non-hydrogen) atoms. The predicted octanol–water partition coefficient (Wildman–Crippen LogP) is 2.75. The second-order valence-electron chi connectivity index (χ2n) is 5.46. The molecule has 0 saturated heterocycles. The van der Waals surface area contributed by atoms with Crippen LogP contribution in [0.4, 0.5) is 0 Å². The normalized spacial score (nSPS) is 10.3. The Morgan fingerprint density at radius 1 is 1.08 bits per heavy atom. The Morgan fingerprint density at radius 2 is 1.76 bits per heavy atom. The Kier molecular flexibility index (Phi) is 7.44. The standard InChI is InChI=1S/C19H21ClN2O3/c1-25-12-11-22(14-15-7-3-2-4-8-15)18(23)13-21-19(24)16-9-5-6-10-17(16)20/h2-10H,11-14H2,1H3,(H,21,24). The molecule has 0 radical (unpaired) electrons. The molecule has 0 spiro atoms. The topological polar surface area (TPSA) is 58.6 Å². The van der Waals surface area contributed by atoms with Crippen molar-refractivity contribution in [2.75, 3.05) is 26.8 Å². The van der Waals surface area contributed by atoms with Crippen molar-refractivity contribution in [2.45, 2.75) is 6.54 Å². The van der Waals surface area contributed by atoms with Gasteiger partial charge in [0.05, 0.1) is 23.7 Å². The Hall–Kier alpha value is -2.37. The Bertz CT molecular complexity index is 707. The maximum atomic E-state index is 12.5. The molecule has 0 heterocycles. The average molecular weight is 361 g/mol. The molecule has 0 unspecified atom stereocenters. The van der Waals surface area contributed by atoms with Gasteiger partial charge in [-0.3, -0.25) is 9.59 Å². The van der Waals surface area contributed by atoms with Gasteiger partial charge in [0.1, 0.15) is 0 Å². The zero-order chi connectivity index (χ0) is 18.1. The summed E-state index contributed by atoms with van der Waals surface area (Å²) in [5.41, 5.74) is 1.37. The summed E-state index contributed by atoms with van der Waals surface area (Å²) in [6, 6.07) is 16.4. The Morgan fingerprint density at radius 3 is 2.44 bits per heavy atom. The van der Waals surface area contributed by atoms with Crippen LogP contribution in [0, 0.1) is 0 Å². The SMILES string of the molecule is COCCN(Cc1ccccc1)C(=O)CNC(=O)c1ccccc1Cl. The number of halogens is 1. The number of rotatable bonds is 8. The lowest BCUT2D eigenvalue weighted by atomic mass is 10.2. The molecule has 2 aromatic carbocycles. The maximum absolute atomic E-state index is 12.5. The number of nitrogens with one attached hydrogen (secondary N) is 1. The smallest absolute Gasteiger partial charge is 0.253 e. The third-order valence-corrected chi connectivity index (χ3v) is 3.98. The number of hydrogen-bond donors (Lipinski definition) is 1. The highest BCUT2D eigenvalue weighted by Gasteiger charge is 2.16. The summed E-state index contributed by atoms with van der Waals surface area (Å²) in [4.78, 5) is 26.3. The van der Waals surface area contributed by atoms with Crippen molar-refractivity contribution in [1.82, 2.24) is 10.2 Å². The lowest BCUT2D eigenvalue weighted by Crippen LogP contribution is -2.41. The minimum Gasteiger partial charge on any atom is -0.383 e. The zero-order valence-electron chi connectivity index (χ0n) is 14.1. The van der Waals surface area contributed by atoms with Gasteiger partial charge < -0.3 is 15.0 Å². The van der Waals surface area contributed by atoms with Crippen LogP contribution in [-0.4, -0.2) is 43.5 Å². The molecule has 0 fully saturated rings. The molecule has 0 aliphatic heterocycles. The van der Waals surface area contributed by atoms with E-state index < -0.39 is 0 Å². The van der Waals surface area contributed by atoms with Gasteiger partial charge in [-0.25, -0.2) is 0 Å². The Balaban J connectivity index is 1.96. The third kappa shape index (κ3) is 5.89. The summed E-state index contributed by atoms with van der Waals surface area (Å²) < 4.78 is 5.07. The molecule has 0 atom stereocenters. The number of carbonyl (C=O) groups is 2. The molecular weight excluding hydrogens is 340 g/mol. The van der Waals surface area contributed by atoms with E-state index >= 15 is 0 Å². The van der Waals surface area contributed by atoms with Gasteiger partial charge in [-0.2, -0.15) is 0 Å². The summed E-state index contributed by atoms with van der Waals surface area (Å²) in [6.07, 6.45) is 0. The molecule has 0 aromatic heterocycles. The van der Waals surface area contributed by atoms with Crippen molar-refractivity contribution in [3.63, 3.8) is 0 Å². The number of methoxy groups -OCH3 is 1. The predicted molar refractivity (Wildman–Crippen MR) is 97.5 cm³/mol. The van der Waals surface area contributed by atoms with Crippen LogP contribution in [0.1, 0.15) is 15.9 Å². The number of nitrogens with zero attached hydrogens (tertiary/aromatic N) is 1. The Labute approximate surface area is 152 Å². The highest BCUT2D eigenvalue weighted by molar-refractivity contribution is 6.33. The van der Waals surface area contributed by atoms with Crippen LogP contribution in [0.5, 0.6) is 0 Å². The lowest BCUT2D eigenvalue weighted by Gasteiger charge is -2.23. The zero-order valence-corrected chi connectivity index (χ0v) is 14.8. The summed E-state index contributed by atoms with van der Waals surface area (Å²) in [7, 11) is 1.59. The van der Waals surface area contributed by atoms with E-state index in [-0.39, 0.29) is 18.4 Å². The first-order valence-electron chi connectivity index (χ1n) is 7.95. The van der Waals surface area contributed by atoms with Crippen molar-refractivity contribution >= 4 is 23.4 Å². The fourth-order valence-corrected chi connectivity index (χ4v) is 2.53. The molecule has 0 aliphatic carbocycles. The molecule has 0 saturated carbocycles. The molecule has 5 nitrogen and oxygen atoms in total. The first kappa shape index (κ1) is 19.0. The summed E-state index contributed by atoms with van der Waals surface area (Å²) in [6.45, 7) is 1.24. The number of carbonyl (C=O) groups excluding carboxylic acids is 2. The van der Waals surface area contributed by atoms with Crippen LogP contribution in [0.3, 0.4) is 0 Å². The monoisotopic (exact) mass is 360 g/mol. The van der Waals surface area contributed by atoms with E-state index in [1.165, 1.54) is 0 Å². The second kappa shape index (κ2) is 9.81. The van der Waals surface area contributed by atoms with Gasteiger partial charge in [0.15, 0.2) is 0 Å². The van der Waals surface area contributed by atoms with Gasteiger partial charge in [-0.15, -0.1) is 0 Å². The van der Waals surface area contributed by atoms with Crippen molar-refractivity contribution in [2.24, 2.45) is 0 Å². The molecule has 2 aromatic rings. The van der Waals surface area contributed by atoms with Gasteiger partial charge in [0.25, 0.3) is 5.91 Å². The number of amides is 2. The minimum atomic E-state index is -0.370. The number of benzene rings is 2. The van der Waals surface area contributed by atoms with Gasteiger partial charge in [-0.1, -0.05) is 54.1 Å². The molecule has 0 bridgehead atoms. The van der Waals surface area contributed by atoms with Crippen LogP contribution in [0.2, 0.25) is 5.02 Å². The summed E-state index contributed by atoms with van der Waals surface area (Å²) in [5.74, 6) is -0.549. The number of ether oxygens (including phenoxy) is 1. The van der Waals surface area contributed by atoms with E-state index in [9.17, 15) is 9.59 Å². The van der Waals surface area contributed by atoms with E-state index in [2.05, 4.69) is 5.32 Å². The summed E-state index contributed by atoms with van der Waals surface area (Å²) in [5, 5.41) is 2.98. The van der Waals surface area contributed by atoms with Crippen LogP contribution in [0.15, 0.2) is 54.6 Å². The molecule has 6 heteroatoms. The largest absolute Gasteiger partial charge is 0.383 e. The van der Waals surface area contributed by atoms with Crippen LogP contribution >= 0.6 is 11.6 Å². The quantitative estimate of drug-likeness (QED) is 0.787. The van der Waals surface area contributed by atoms with Gasteiger partial charge >= 0.3 is 0 Å². The van der Waals surface area contributed by atoms with Crippen LogP contribution in [0.25, 0.3) is 0 Å². The highest BCUT2D eigenvalue weighted by atomic mass is 35.5. The van der Waals surface area contributed by atoms with Crippen molar-refractivity contribution < 1.29 is 14.3 Å². The third-order valence-electron chi connectivity index (χ3n) is 3.65. The summed E-state index contributed by atoms with van der Waals surface area (Å²) >= 11 is 6.00. The van der Waals surface area contributed by atoms with E-state index in [0.29, 0.717) is 30.3 Å². The van der Waals surface area contributed by atoms with Crippen LogP contribution in [-0.2, 0) is 16.1 Å². The van der Waals surface area contributed by atoms with E-state index in [1.54, 1.807) is 36.3 Å². The highest BCUT2D eigenvalue weighted by Crippen LogP contribution is 2.14. The van der Waals surface area contributed by atoms with Gasteiger partial charge in [-0.05, 0) is 17.7 Å². The maximum Gasteiger partial charge on any atom is 0.253 e. The van der Waals surface area contributed by atoms with Gasteiger partial charge in [0.2, 0.25) is 5.91 Å². The number of hydrogen-bond acceptors (Lipinski definition) is 3. The molecule has 2 rings (SSSR count). The van der Waals surface area contributed by atoms with E-state index in [0.717, 1.165) is 5.56 Å². The van der Waals surface area contributed by atoms with E-state index in [1.807, 2.05) is 30.3 Å². The molecule has 1 N–H and O–H groups in total. The van der Waals surface area contributed by atoms with Crippen molar-refractivity contribution in [3.8, 4) is 0 Å². The molecule has 0 aliphatic rings. The molecule has 132 valence electrons. The first-order valence-corrected chi connectivity index (χ1v) is 8.33.